The van der Waals surface area contributed by atoms with Gasteiger partial charge in [-0.05, 0) is 38.1 Å². The molecule has 0 aliphatic rings. The lowest BCUT2D eigenvalue weighted by molar-refractivity contribution is 0.242. The van der Waals surface area contributed by atoms with E-state index in [9.17, 15) is 0 Å². The minimum atomic E-state index is 0.148. The zero-order chi connectivity index (χ0) is 13.8. The van der Waals surface area contributed by atoms with Crippen molar-refractivity contribution in [3.63, 3.8) is 0 Å². The standard InChI is InChI=1S/C13H15ClN4O/c1-8(2)19-10-5-3-9(4-6-10)17-12-11(14)7-16-13(15)18-12/h3-8H,1-2H3,(H3,15,16,17,18). The van der Waals surface area contributed by atoms with Gasteiger partial charge in [0.05, 0.1) is 12.3 Å². The number of benzene rings is 1. The van der Waals surface area contributed by atoms with Crippen LogP contribution in [0.2, 0.25) is 5.02 Å². The van der Waals surface area contributed by atoms with Gasteiger partial charge in [0.15, 0.2) is 5.82 Å². The first-order valence-corrected chi connectivity index (χ1v) is 6.24. The Balaban J connectivity index is 2.13. The van der Waals surface area contributed by atoms with Crippen molar-refractivity contribution in [2.45, 2.75) is 20.0 Å². The van der Waals surface area contributed by atoms with E-state index >= 15 is 0 Å². The first kappa shape index (κ1) is 13.4. The second-order valence-electron chi connectivity index (χ2n) is 4.24. The number of halogens is 1. The van der Waals surface area contributed by atoms with Crippen LogP contribution in [0.15, 0.2) is 30.5 Å². The van der Waals surface area contributed by atoms with Crippen LogP contribution in [-0.4, -0.2) is 16.1 Å². The minimum Gasteiger partial charge on any atom is -0.491 e. The molecule has 0 aliphatic heterocycles. The molecule has 3 N–H and O–H groups in total. The summed E-state index contributed by atoms with van der Waals surface area (Å²) in [4.78, 5) is 7.83. The van der Waals surface area contributed by atoms with E-state index in [0.29, 0.717) is 10.8 Å². The molecule has 2 aromatic rings. The van der Waals surface area contributed by atoms with Gasteiger partial charge in [-0.15, -0.1) is 0 Å². The van der Waals surface area contributed by atoms with Crippen LogP contribution >= 0.6 is 11.6 Å². The van der Waals surface area contributed by atoms with Gasteiger partial charge in [-0.1, -0.05) is 11.6 Å². The second-order valence-corrected chi connectivity index (χ2v) is 4.65. The number of nitrogens with zero attached hydrogens (tertiary/aromatic N) is 2. The van der Waals surface area contributed by atoms with Gasteiger partial charge in [-0.3, -0.25) is 0 Å². The Labute approximate surface area is 116 Å². The van der Waals surface area contributed by atoms with Gasteiger partial charge in [-0.25, -0.2) is 4.98 Å². The fourth-order valence-electron chi connectivity index (χ4n) is 1.49. The third-order valence-corrected chi connectivity index (χ3v) is 2.53. The van der Waals surface area contributed by atoms with Gasteiger partial charge < -0.3 is 15.8 Å². The van der Waals surface area contributed by atoms with Gasteiger partial charge in [0, 0.05) is 5.69 Å². The molecule has 2 rings (SSSR count). The molecule has 0 radical (unpaired) electrons. The Morgan fingerprint density at radius 3 is 2.58 bits per heavy atom. The molecule has 0 saturated heterocycles. The summed E-state index contributed by atoms with van der Waals surface area (Å²) in [6.07, 6.45) is 1.61. The van der Waals surface area contributed by atoms with E-state index in [1.54, 1.807) is 0 Å². The molecule has 0 amide bonds. The van der Waals surface area contributed by atoms with E-state index in [4.69, 9.17) is 22.1 Å². The van der Waals surface area contributed by atoms with Crippen molar-refractivity contribution >= 4 is 29.1 Å². The lowest BCUT2D eigenvalue weighted by Gasteiger charge is -2.11. The van der Waals surface area contributed by atoms with Gasteiger partial charge in [0.25, 0.3) is 0 Å². The molecular weight excluding hydrogens is 264 g/mol. The van der Waals surface area contributed by atoms with Gasteiger partial charge in [-0.2, -0.15) is 4.98 Å². The maximum absolute atomic E-state index is 5.98. The first-order valence-electron chi connectivity index (χ1n) is 5.86. The zero-order valence-electron chi connectivity index (χ0n) is 10.7. The molecule has 1 heterocycles. The highest BCUT2D eigenvalue weighted by Crippen LogP contribution is 2.24. The van der Waals surface area contributed by atoms with E-state index < -0.39 is 0 Å². The summed E-state index contributed by atoms with van der Waals surface area (Å²) < 4.78 is 5.56. The smallest absolute Gasteiger partial charge is 0.222 e. The number of nitrogen functional groups attached to an aromatic ring is 1. The van der Waals surface area contributed by atoms with E-state index in [0.717, 1.165) is 11.4 Å². The van der Waals surface area contributed by atoms with Crippen molar-refractivity contribution in [3.8, 4) is 5.75 Å². The third kappa shape index (κ3) is 3.72. The first-order chi connectivity index (χ1) is 9.04. The molecule has 0 saturated carbocycles. The molecule has 1 aromatic heterocycles. The number of ether oxygens (including phenoxy) is 1. The van der Waals surface area contributed by atoms with Crippen molar-refractivity contribution in [1.29, 1.82) is 0 Å². The van der Waals surface area contributed by atoms with Crippen molar-refractivity contribution in [1.82, 2.24) is 9.97 Å². The van der Waals surface area contributed by atoms with Gasteiger partial charge in [0.1, 0.15) is 10.8 Å². The number of anilines is 3. The van der Waals surface area contributed by atoms with Crippen molar-refractivity contribution in [3.05, 3.63) is 35.5 Å². The predicted molar refractivity (Wildman–Crippen MR) is 76.9 cm³/mol. The maximum Gasteiger partial charge on any atom is 0.222 e. The van der Waals surface area contributed by atoms with Crippen LogP contribution in [-0.2, 0) is 0 Å². The van der Waals surface area contributed by atoms with Gasteiger partial charge >= 0.3 is 0 Å². The zero-order valence-corrected chi connectivity index (χ0v) is 11.5. The van der Waals surface area contributed by atoms with Crippen molar-refractivity contribution in [2.24, 2.45) is 0 Å². The molecule has 6 heteroatoms. The van der Waals surface area contributed by atoms with E-state index in [-0.39, 0.29) is 12.1 Å². The topological polar surface area (TPSA) is 73.1 Å². The molecule has 0 fully saturated rings. The predicted octanol–water partition coefficient (Wildman–Crippen LogP) is 3.24. The van der Waals surface area contributed by atoms with E-state index in [2.05, 4.69) is 15.3 Å². The molecule has 0 spiro atoms. The summed E-state index contributed by atoms with van der Waals surface area (Å²) in [6, 6.07) is 7.51. The fourth-order valence-corrected chi connectivity index (χ4v) is 1.63. The highest BCUT2D eigenvalue weighted by atomic mass is 35.5. The average molecular weight is 279 g/mol. The van der Waals surface area contributed by atoms with E-state index in [1.807, 2.05) is 38.1 Å². The molecule has 19 heavy (non-hydrogen) atoms. The van der Waals surface area contributed by atoms with Crippen molar-refractivity contribution in [2.75, 3.05) is 11.1 Å². The van der Waals surface area contributed by atoms with Crippen LogP contribution in [0.1, 0.15) is 13.8 Å². The van der Waals surface area contributed by atoms with Crippen LogP contribution < -0.4 is 15.8 Å². The van der Waals surface area contributed by atoms with Crippen molar-refractivity contribution < 1.29 is 4.74 Å². The highest BCUT2D eigenvalue weighted by molar-refractivity contribution is 6.32. The summed E-state index contributed by atoms with van der Waals surface area (Å²) in [5.41, 5.74) is 6.36. The Morgan fingerprint density at radius 2 is 1.95 bits per heavy atom. The normalized spacial score (nSPS) is 10.5. The number of hydrogen-bond donors (Lipinski definition) is 2. The van der Waals surface area contributed by atoms with Gasteiger partial charge in [0.2, 0.25) is 5.95 Å². The van der Waals surface area contributed by atoms with Crippen LogP contribution in [0.25, 0.3) is 0 Å². The van der Waals surface area contributed by atoms with Crippen LogP contribution in [0.5, 0.6) is 5.75 Å². The SMILES string of the molecule is CC(C)Oc1ccc(Nc2nc(N)ncc2Cl)cc1. The summed E-state index contributed by atoms with van der Waals surface area (Å²) in [5.74, 6) is 1.47. The largest absolute Gasteiger partial charge is 0.491 e. The quantitative estimate of drug-likeness (QED) is 0.898. The number of rotatable bonds is 4. The Hall–Kier alpha value is -2.01. The number of hydrogen-bond acceptors (Lipinski definition) is 5. The second kappa shape index (κ2) is 5.75. The molecule has 100 valence electrons. The number of nitrogens with one attached hydrogen (secondary N) is 1. The average Bonchev–Trinajstić information content (AvgIpc) is 2.35. The molecule has 0 unspecified atom stereocenters. The van der Waals surface area contributed by atoms with E-state index in [1.165, 1.54) is 6.20 Å². The number of nitrogens with two attached hydrogens (primary N) is 1. The molecule has 5 nitrogen and oxygen atoms in total. The lowest BCUT2D eigenvalue weighted by Crippen LogP contribution is -2.05. The summed E-state index contributed by atoms with van der Waals surface area (Å²) in [5, 5.41) is 3.49. The molecular formula is C13H15ClN4O. The molecule has 1 aromatic carbocycles. The van der Waals surface area contributed by atoms with Crippen LogP contribution in [0.4, 0.5) is 17.5 Å². The summed E-state index contributed by atoms with van der Waals surface area (Å²) in [6.45, 7) is 3.96. The summed E-state index contributed by atoms with van der Waals surface area (Å²) in [7, 11) is 0. The molecule has 0 atom stereocenters. The lowest BCUT2D eigenvalue weighted by atomic mass is 10.3. The summed E-state index contributed by atoms with van der Waals surface area (Å²) >= 11 is 5.98. The minimum absolute atomic E-state index is 0.148. The number of aromatic nitrogens is 2. The fraction of sp³-hybridized carbons (Fsp3) is 0.231. The Kier molecular flexibility index (Phi) is 4.06. The monoisotopic (exact) mass is 278 g/mol. The van der Waals surface area contributed by atoms with Crippen LogP contribution in [0.3, 0.4) is 0 Å². The molecule has 0 aliphatic carbocycles. The highest BCUT2D eigenvalue weighted by Gasteiger charge is 2.04. The molecule has 0 bridgehead atoms. The maximum atomic E-state index is 5.98. The Bertz CT molecular complexity index is 557. The van der Waals surface area contributed by atoms with Crippen LogP contribution in [0, 0.1) is 0 Å². The Morgan fingerprint density at radius 1 is 1.26 bits per heavy atom. The third-order valence-electron chi connectivity index (χ3n) is 2.25.